The van der Waals surface area contributed by atoms with Gasteiger partial charge in [-0.1, -0.05) is 110 Å². The summed E-state index contributed by atoms with van der Waals surface area (Å²) in [5.74, 6) is 2.55. The van der Waals surface area contributed by atoms with E-state index < -0.39 is 0 Å². The van der Waals surface area contributed by atoms with E-state index in [-0.39, 0.29) is 22.3 Å². The minimum Gasteiger partial charge on any atom is -0.468 e. The van der Waals surface area contributed by atoms with E-state index >= 15 is 0 Å². The van der Waals surface area contributed by atoms with E-state index in [9.17, 15) is 4.79 Å². The fourth-order valence-electron chi connectivity index (χ4n) is 6.76. The van der Waals surface area contributed by atoms with Gasteiger partial charge in [0.05, 0.1) is 22.9 Å². The maximum absolute atomic E-state index is 12.2. The van der Waals surface area contributed by atoms with Crippen LogP contribution in [0, 0.1) is 30.1 Å². The highest BCUT2D eigenvalue weighted by Gasteiger charge is 2.55. The van der Waals surface area contributed by atoms with Gasteiger partial charge < -0.3 is 11.7 Å². The summed E-state index contributed by atoms with van der Waals surface area (Å²) < 4.78 is 5.37. The minimum absolute atomic E-state index is 0.0146. The molecule has 0 unspecified atom stereocenters. The van der Waals surface area contributed by atoms with Crippen LogP contribution < -0.4 is 0 Å². The molecule has 3 heteroatoms. The van der Waals surface area contributed by atoms with Crippen LogP contribution in [-0.4, -0.2) is 12.6 Å². The lowest BCUT2D eigenvalue weighted by molar-refractivity contribution is -0.171. The Morgan fingerprint density at radius 1 is 0.628 bits per heavy atom. The smallest absolute Gasteiger partial charge is 0.312 e. The van der Waals surface area contributed by atoms with Crippen LogP contribution in [0.2, 0.25) is 0 Å². The largest absolute Gasteiger partial charge is 0.468 e. The topological polar surface area (TPSA) is 26.3 Å². The maximum Gasteiger partial charge on any atom is 0.312 e. The molecular formula is C40H60O2S. The van der Waals surface area contributed by atoms with Crippen LogP contribution in [0.5, 0.6) is 0 Å². The zero-order chi connectivity index (χ0) is 32.1. The van der Waals surface area contributed by atoms with Crippen molar-refractivity contribution in [1.82, 2.24) is 0 Å². The van der Waals surface area contributed by atoms with Crippen molar-refractivity contribution in [3.63, 3.8) is 0 Å². The van der Waals surface area contributed by atoms with Crippen LogP contribution in [0.4, 0.5) is 0 Å². The Bertz CT molecular complexity index is 952. The zero-order valence-corrected chi connectivity index (χ0v) is 29.3. The zero-order valence-electron chi connectivity index (χ0n) is 28.5. The quantitative estimate of drug-likeness (QED) is 0.159. The first-order valence-electron chi connectivity index (χ1n) is 17.0. The first-order valence-corrected chi connectivity index (χ1v) is 18.3. The predicted molar refractivity (Wildman–Crippen MR) is 188 cm³/mol. The van der Waals surface area contributed by atoms with Crippen molar-refractivity contribution >= 4 is 16.9 Å². The summed E-state index contributed by atoms with van der Waals surface area (Å²) in [4.78, 5) is 16.3. The molecule has 0 amide bonds. The number of carbonyl (C=O) groups is 1. The lowest BCUT2D eigenvalue weighted by atomic mass is 9.49. The summed E-state index contributed by atoms with van der Waals surface area (Å²) in [6.07, 6.45) is 8.14. The molecule has 4 saturated carbocycles. The standard InChI is InChI=1S/C18H15S.C14H21O2.4C2H6/c1-4-10-16(11-5-1)19(17-12-6-2-7-13-17)18-14-8-3-9-15-18;1-2-3-16-13(15)14-7-10-4-11(8-14)6-12(5-10)9-14;4*1-2/h1-15H;10-12H,1-9H2;4*1-2H3/q+1;-1;;;;. The molecule has 0 N–H and O–H groups in total. The highest BCUT2D eigenvalue weighted by molar-refractivity contribution is 7.97. The van der Waals surface area contributed by atoms with Gasteiger partial charge in [0.1, 0.15) is 0 Å². The molecule has 0 atom stereocenters. The number of hydrogen-bond acceptors (Lipinski definition) is 2. The molecule has 0 aliphatic heterocycles. The highest BCUT2D eigenvalue weighted by atomic mass is 32.2. The molecule has 2 nitrogen and oxygen atoms in total. The maximum atomic E-state index is 12.2. The molecule has 4 aliphatic carbocycles. The molecule has 4 bridgehead atoms. The molecule has 43 heavy (non-hydrogen) atoms. The average Bonchev–Trinajstić information content (AvgIpc) is 3.09. The molecule has 7 rings (SSSR count). The van der Waals surface area contributed by atoms with E-state index in [1.54, 1.807) is 0 Å². The van der Waals surface area contributed by atoms with E-state index in [0.717, 1.165) is 37.0 Å². The fourth-order valence-corrected chi connectivity index (χ4v) is 8.86. The lowest BCUT2D eigenvalue weighted by Gasteiger charge is -2.55. The third-order valence-electron chi connectivity index (χ3n) is 7.79. The van der Waals surface area contributed by atoms with E-state index in [0.29, 0.717) is 13.0 Å². The van der Waals surface area contributed by atoms with Crippen molar-refractivity contribution in [2.45, 2.75) is 115 Å². The third-order valence-corrected chi connectivity index (χ3v) is 10.0. The van der Waals surface area contributed by atoms with E-state index in [4.69, 9.17) is 4.74 Å². The normalized spacial score (nSPS) is 21.9. The summed E-state index contributed by atoms with van der Waals surface area (Å²) in [6.45, 7) is 20.2. The summed E-state index contributed by atoms with van der Waals surface area (Å²) in [6, 6.07) is 32.2. The van der Waals surface area contributed by atoms with Crippen LogP contribution in [0.1, 0.15) is 100 Å². The van der Waals surface area contributed by atoms with Gasteiger partial charge in [0.25, 0.3) is 0 Å². The Morgan fingerprint density at radius 3 is 1.21 bits per heavy atom. The second-order valence-electron chi connectivity index (χ2n) is 10.4. The SMILES string of the molecule is CC.CC.CC.CC.[CH2-]CCOC(=O)C12CC3CC(CC(C3)C1)C2.c1ccc([S+](c2ccccc2)c2ccccc2)cc1. The third kappa shape index (κ3) is 11.2. The molecule has 0 heterocycles. The number of hydrogen-bond donors (Lipinski definition) is 0. The number of rotatable bonds is 6. The van der Waals surface area contributed by atoms with Gasteiger partial charge in [-0.15, -0.1) is 6.42 Å². The molecule has 0 saturated heterocycles. The fraction of sp³-hybridized carbons (Fsp3) is 0.500. The molecule has 238 valence electrons. The summed E-state index contributed by atoms with van der Waals surface area (Å²) >= 11 is 0. The molecule has 3 aromatic rings. The van der Waals surface area contributed by atoms with Crippen molar-refractivity contribution in [3.8, 4) is 0 Å². The second kappa shape index (κ2) is 22.1. The number of ether oxygens (including phenoxy) is 1. The Labute approximate surface area is 268 Å². The average molecular weight is 605 g/mol. The van der Waals surface area contributed by atoms with Crippen LogP contribution >= 0.6 is 0 Å². The Balaban J connectivity index is 0.000000352. The van der Waals surface area contributed by atoms with Gasteiger partial charge in [-0.2, -0.15) is 0 Å². The Kier molecular flexibility index (Phi) is 19.8. The van der Waals surface area contributed by atoms with Crippen LogP contribution in [-0.2, 0) is 20.4 Å². The molecule has 4 aliphatic rings. The molecule has 4 fully saturated rings. The van der Waals surface area contributed by atoms with Crippen molar-refractivity contribution in [2.75, 3.05) is 6.61 Å². The Hall–Kier alpha value is -2.52. The van der Waals surface area contributed by atoms with Gasteiger partial charge in [-0.25, -0.2) is 0 Å². The van der Waals surface area contributed by atoms with Gasteiger partial charge in [-0.3, -0.25) is 4.79 Å². The molecule has 0 spiro atoms. The monoisotopic (exact) mass is 604 g/mol. The lowest BCUT2D eigenvalue weighted by Crippen LogP contribution is -2.50. The van der Waals surface area contributed by atoms with Gasteiger partial charge in [0, 0.05) is 0 Å². The highest BCUT2D eigenvalue weighted by Crippen LogP contribution is 2.60. The first-order chi connectivity index (χ1) is 21.2. The summed E-state index contributed by atoms with van der Waals surface area (Å²) in [5.41, 5.74) is -0.0794. The second-order valence-corrected chi connectivity index (χ2v) is 12.5. The van der Waals surface area contributed by atoms with E-state index in [1.807, 2.05) is 55.4 Å². The van der Waals surface area contributed by atoms with E-state index in [1.165, 1.54) is 33.9 Å². The van der Waals surface area contributed by atoms with Gasteiger partial charge in [0.15, 0.2) is 14.7 Å². The minimum atomic E-state index is -0.0794. The Morgan fingerprint density at radius 2 is 0.930 bits per heavy atom. The van der Waals surface area contributed by atoms with Gasteiger partial charge in [-0.05, 0) is 92.7 Å². The van der Waals surface area contributed by atoms with Crippen LogP contribution in [0.25, 0.3) is 0 Å². The summed E-state index contributed by atoms with van der Waals surface area (Å²) in [7, 11) is -0.0146. The summed E-state index contributed by atoms with van der Waals surface area (Å²) in [5, 5.41) is 0. The van der Waals surface area contributed by atoms with Crippen molar-refractivity contribution < 1.29 is 9.53 Å². The number of esters is 1. The van der Waals surface area contributed by atoms with Crippen LogP contribution in [0.15, 0.2) is 106 Å². The van der Waals surface area contributed by atoms with E-state index in [2.05, 4.69) is 97.9 Å². The van der Waals surface area contributed by atoms with Crippen molar-refractivity contribution in [2.24, 2.45) is 23.2 Å². The molecule has 0 radical (unpaired) electrons. The number of benzene rings is 3. The first kappa shape index (κ1) is 38.5. The molecule has 3 aromatic carbocycles. The van der Waals surface area contributed by atoms with Gasteiger partial charge in [0.2, 0.25) is 0 Å². The van der Waals surface area contributed by atoms with Crippen molar-refractivity contribution in [1.29, 1.82) is 0 Å². The van der Waals surface area contributed by atoms with Crippen LogP contribution in [0.3, 0.4) is 0 Å². The number of carbonyl (C=O) groups excluding carboxylic acids is 1. The molecule has 0 aromatic heterocycles. The molecular weight excluding hydrogens is 545 g/mol. The van der Waals surface area contributed by atoms with Gasteiger partial charge >= 0.3 is 5.97 Å². The van der Waals surface area contributed by atoms with Crippen molar-refractivity contribution in [3.05, 3.63) is 97.9 Å². The predicted octanol–water partition coefficient (Wildman–Crippen LogP) is 11.9.